The Balaban J connectivity index is 1.94. The molecule has 0 aliphatic carbocycles. The number of nitrogens with zero attached hydrogens (tertiary/aromatic N) is 1. The van der Waals surface area contributed by atoms with E-state index < -0.39 is 39.2 Å². The number of hydrogen-bond acceptors (Lipinski definition) is 4. The molecule has 3 aromatic carbocycles. The van der Waals surface area contributed by atoms with E-state index in [2.05, 4.69) is 5.32 Å². The van der Waals surface area contributed by atoms with Crippen LogP contribution in [0.25, 0.3) is 0 Å². The van der Waals surface area contributed by atoms with Crippen molar-refractivity contribution in [1.82, 2.24) is 4.31 Å². The summed E-state index contributed by atoms with van der Waals surface area (Å²) in [6, 6.07) is 15.4. The van der Waals surface area contributed by atoms with E-state index in [4.69, 9.17) is 27.9 Å². The molecule has 0 aliphatic heterocycles. The van der Waals surface area contributed by atoms with Gasteiger partial charge in [0.15, 0.2) is 0 Å². The first kappa shape index (κ1) is 26.8. The van der Waals surface area contributed by atoms with Crippen molar-refractivity contribution in [3.63, 3.8) is 0 Å². The lowest BCUT2D eigenvalue weighted by molar-refractivity contribution is -0.137. The van der Waals surface area contributed by atoms with Gasteiger partial charge in [-0.05, 0) is 42.0 Å². The number of carbonyl (C=O) groups is 1. The first-order chi connectivity index (χ1) is 16.4. The van der Waals surface area contributed by atoms with Gasteiger partial charge in [0.25, 0.3) is 0 Å². The van der Waals surface area contributed by atoms with Gasteiger partial charge in [0.2, 0.25) is 15.9 Å². The predicted octanol–water partition coefficient (Wildman–Crippen LogP) is 5.85. The molecule has 0 spiro atoms. The van der Waals surface area contributed by atoms with Crippen molar-refractivity contribution in [2.24, 2.45) is 0 Å². The molecule has 1 amide bonds. The van der Waals surface area contributed by atoms with Crippen LogP contribution < -0.4 is 10.1 Å². The Hall–Kier alpha value is -2.79. The Morgan fingerprint density at radius 1 is 1.03 bits per heavy atom. The van der Waals surface area contributed by atoms with Crippen molar-refractivity contribution in [2.45, 2.75) is 17.6 Å². The minimum absolute atomic E-state index is 0.0143. The highest BCUT2D eigenvalue weighted by molar-refractivity contribution is 7.89. The van der Waals surface area contributed by atoms with Crippen LogP contribution in [0.15, 0.2) is 71.6 Å². The molecule has 0 radical (unpaired) electrons. The molecule has 6 nitrogen and oxygen atoms in total. The molecule has 0 aromatic heterocycles. The SMILES string of the molecule is COc1ccc(Cl)cc1S(=O)(=O)N(CC(=O)Nc1ccc(Cl)c(C(F)(F)F)c1)Cc1ccccc1. The highest BCUT2D eigenvalue weighted by Crippen LogP contribution is 2.36. The largest absolute Gasteiger partial charge is 0.495 e. The van der Waals surface area contributed by atoms with Crippen LogP contribution in [0, 0.1) is 0 Å². The highest BCUT2D eigenvalue weighted by atomic mass is 35.5. The van der Waals surface area contributed by atoms with Gasteiger partial charge in [-0.15, -0.1) is 0 Å². The van der Waals surface area contributed by atoms with Crippen LogP contribution in [0.4, 0.5) is 18.9 Å². The Kier molecular flexibility index (Phi) is 8.32. The smallest absolute Gasteiger partial charge is 0.417 e. The molecular weight excluding hydrogens is 528 g/mol. The van der Waals surface area contributed by atoms with Crippen molar-refractivity contribution < 1.29 is 31.1 Å². The molecule has 0 fully saturated rings. The fraction of sp³-hybridized carbons (Fsp3) is 0.174. The van der Waals surface area contributed by atoms with E-state index in [0.717, 1.165) is 10.4 Å². The number of alkyl halides is 3. The summed E-state index contributed by atoms with van der Waals surface area (Å²) in [6.45, 7) is -0.891. The maximum Gasteiger partial charge on any atom is 0.417 e. The van der Waals surface area contributed by atoms with Crippen LogP contribution in [0.1, 0.15) is 11.1 Å². The molecule has 3 rings (SSSR count). The van der Waals surface area contributed by atoms with Crippen LogP contribution in [0.2, 0.25) is 10.0 Å². The molecule has 0 unspecified atom stereocenters. The van der Waals surface area contributed by atoms with Gasteiger partial charge in [-0.3, -0.25) is 4.79 Å². The topological polar surface area (TPSA) is 75.7 Å². The van der Waals surface area contributed by atoms with Gasteiger partial charge < -0.3 is 10.1 Å². The number of methoxy groups -OCH3 is 1. The number of nitrogens with one attached hydrogen (secondary N) is 1. The number of amides is 1. The lowest BCUT2D eigenvalue weighted by Crippen LogP contribution is -2.37. The number of anilines is 1. The van der Waals surface area contributed by atoms with Gasteiger partial charge in [0.05, 0.1) is 24.2 Å². The quantitative estimate of drug-likeness (QED) is 0.384. The first-order valence-electron chi connectivity index (χ1n) is 9.96. The number of benzene rings is 3. The van der Waals surface area contributed by atoms with E-state index in [-0.39, 0.29) is 27.9 Å². The lowest BCUT2D eigenvalue weighted by atomic mass is 10.2. The summed E-state index contributed by atoms with van der Waals surface area (Å²) in [5.41, 5.74) is -0.741. The lowest BCUT2D eigenvalue weighted by Gasteiger charge is -2.23. The molecule has 0 heterocycles. The minimum atomic E-state index is -4.73. The third kappa shape index (κ3) is 6.66. The molecule has 0 atom stereocenters. The zero-order valence-corrected chi connectivity index (χ0v) is 20.5. The Bertz CT molecular complexity index is 1320. The van der Waals surface area contributed by atoms with E-state index in [1.165, 1.54) is 31.4 Å². The Labute approximate surface area is 210 Å². The summed E-state index contributed by atoms with van der Waals surface area (Å²) in [6.07, 6.45) is -4.73. The van der Waals surface area contributed by atoms with Gasteiger partial charge in [-0.25, -0.2) is 8.42 Å². The molecule has 0 saturated heterocycles. The molecule has 1 N–H and O–H groups in total. The second kappa shape index (κ2) is 10.9. The number of hydrogen-bond donors (Lipinski definition) is 1. The van der Waals surface area contributed by atoms with Crippen molar-refractivity contribution >= 4 is 44.8 Å². The van der Waals surface area contributed by atoms with E-state index in [0.29, 0.717) is 11.6 Å². The summed E-state index contributed by atoms with van der Waals surface area (Å²) in [5.74, 6) is -0.846. The van der Waals surface area contributed by atoms with Crippen LogP contribution in [0.5, 0.6) is 5.75 Å². The third-order valence-electron chi connectivity index (χ3n) is 4.82. The summed E-state index contributed by atoms with van der Waals surface area (Å²) in [7, 11) is -3.04. The molecule has 3 aromatic rings. The molecule has 0 aliphatic rings. The van der Waals surface area contributed by atoms with Crippen LogP contribution >= 0.6 is 23.2 Å². The fourth-order valence-electron chi connectivity index (χ4n) is 3.19. The summed E-state index contributed by atoms with van der Waals surface area (Å²) < 4.78 is 72.6. The molecule has 0 saturated carbocycles. The molecule has 186 valence electrons. The second-order valence-electron chi connectivity index (χ2n) is 7.29. The molecule has 12 heteroatoms. The molecular formula is C23H19Cl2F3N2O4S. The normalized spacial score (nSPS) is 12.0. The fourth-order valence-corrected chi connectivity index (χ4v) is 5.21. The average Bonchev–Trinajstić information content (AvgIpc) is 2.79. The molecule has 35 heavy (non-hydrogen) atoms. The van der Waals surface area contributed by atoms with Gasteiger partial charge in [-0.2, -0.15) is 17.5 Å². The van der Waals surface area contributed by atoms with E-state index in [9.17, 15) is 26.4 Å². The number of ether oxygens (including phenoxy) is 1. The van der Waals surface area contributed by atoms with Crippen molar-refractivity contribution in [3.05, 3.63) is 87.9 Å². The first-order valence-corrected chi connectivity index (χ1v) is 12.2. The van der Waals surface area contributed by atoms with E-state index >= 15 is 0 Å². The van der Waals surface area contributed by atoms with E-state index in [1.807, 2.05) is 0 Å². The summed E-state index contributed by atoms with van der Waals surface area (Å²) in [4.78, 5) is 12.5. The molecule has 0 bridgehead atoms. The van der Waals surface area contributed by atoms with Crippen molar-refractivity contribution in [3.8, 4) is 5.75 Å². The predicted molar refractivity (Wildman–Crippen MR) is 127 cm³/mol. The van der Waals surface area contributed by atoms with Crippen LogP contribution in [0.3, 0.4) is 0 Å². The Morgan fingerprint density at radius 3 is 2.34 bits per heavy atom. The third-order valence-corrected chi connectivity index (χ3v) is 7.20. The number of sulfonamides is 1. The standard InChI is InChI=1S/C23H19Cl2F3N2O4S/c1-34-20-10-7-16(24)11-21(20)35(32,33)30(13-15-5-3-2-4-6-15)14-22(31)29-17-8-9-19(25)18(12-17)23(26,27)28/h2-12H,13-14H2,1H3,(H,29,31). The minimum Gasteiger partial charge on any atom is -0.495 e. The Morgan fingerprint density at radius 2 is 1.71 bits per heavy atom. The van der Waals surface area contributed by atoms with E-state index in [1.54, 1.807) is 30.3 Å². The van der Waals surface area contributed by atoms with Gasteiger partial charge in [0, 0.05) is 17.3 Å². The number of rotatable bonds is 8. The highest BCUT2D eigenvalue weighted by Gasteiger charge is 2.34. The van der Waals surface area contributed by atoms with Crippen LogP contribution in [-0.4, -0.2) is 32.3 Å². The summed E-state index contributed by atoms with van der Waals surface area (Å²) >= 11 is 11.6. The van der Waals surface area contributed by atoms with Gasteiger partial charge in [-0.1, -0.05) is 53.5 Å². The van der Waals surface area contributed by atoms with Crippen molar-refractivity contribution in [2.75, 3.05) is 19.0 Å². The zero-order chi connectivity index (χ0) is 25.8. The zero-order valence-electron chi connectivity index (χ0n) is 18.1. The number of carbonyl (C=O) groups excluding carboxylic acids is 1. The maximum absolute atomic E-state index is 13.5. The second-order valence-corrected chi connectivity index (χ2v) is 10.0. The van der Waals surface area contributed by atoms with Gasteiger partial charge >= 0.3 is 6.18 Å². The maximum atomic E-state index is 13.5. The monoisotopic (exact) mass is 546 g/mol. The number of halogens is 5. The summed E-state index contributed by atoms with van der Waals surface area (Å²) in [5, 5.41) is 1.90. The average molecular weight is 547 g/mol. The van der Waals surface area contributed by atoms with Crippen LogP contribution in [-0.2, 0) is 27.5 Å². The van der Waals surface area contributed by atoms with Crippen molar-refractivity contribution in [1.29, 1.82) is 0 Å². The van der Waals surface area contributed by atoms with Gasteiger partial charge in [0.1, 0.15) is 10.6 Å².